The van der Waals surface area contributed by atoms with Gasteiger partial charge in [-0.25, -0.2) is 9.18 Å². The molecule has 14 heteroatoms. The number of urea groups is 1. The van der Waals surface area contributed by atoms with Crippen molar-refractivity contribution in [2.24, 2.45) is 0 Å². The third-order valence-electron chi connectivity index (χ3n) is 7.49. The number of carbonyl (C=O) groups excluding carboxylic acids is 4. The Kier molecular flexibility index (Phi) is 7.54. The van der Waals surface area contributed by atoms with Crippen molar-refractivity contribution in [3.8, 4) is 11.1 Å². The number of nitrogens with zero attached hydrogens (tertiary/aromatic N) is 4. The van der Waals surface area contributed by atoms with Crippen LogP contribution in [0.5, 0.6) is 0 Å². The number of halogens is 4. The molecular weight excluding hydrogens is 572 g/mol. The molecule has 2 aromatic carbocycles. The first-order valence-electron chi connectivity index (χ1n) is 13.1. The Labute approximate surface area is 242 Å². The zero-order chi connectivity index (χ0) is 31.1. The van der Waals surface area contributed by atoms with Gasteiger partial charge >= 0.3 is 12.2 Å². The van der Waals surface area contributed by atoms with Crippen LogP contribution in [0.3, 0.4) is 0 Å². The predicted octanol–water partition coefficient (Wildman–Crippen LogP) is 3.19. The van der Waals surface area contributed by atoms with Crippen LogP contribution in [-0.4, -0.2) is 69.1 Å². The molecular formula is C29H26F4N6O4. The van der Waals surface area contributed by atoms with Crippen molar-refractivity contribution in [3.63, 3.8) is 0 Å². The van der Waals surface area contributed by atoms with E-state index < -0.39 is 54.5 Å². The smallest absolute Gasteiger partial charge is 0.358 e. The number of aromatic nitrogens is 2. The summed E-state index contributed by atoms with van der Waals surface area (Å²) < 4.78 is 55.8. The second-order valence-corrected chi connectivity index (χ2v) is 10.2. The van der Waals surface area contributed by atoms with E-state index in [0.717, 1.165) is 24.6 Å². The van der Waals surface area contributed by atoms with Crippen molar-refractivity contribution in [1.29, 1.82) is 0 Å². The molecule has 2 aliphatic rings. The lowest BCUT2D eigenvalue weighted by Crippen LogP contribution is -2.51. The molecule has 224 valence electrons. The first-order valence-corrected chi connectivity index (χ1v) is 13.1. The Balaban J connectivity index is 1.36. The lowest BCUT2D eigenvalue weighted by molar-refractivity contribution is -0.187. The molecule has 43 heavy (non-hydrogen) atoms. The number of carbonyl (C=O) groups is 4. The average Bonchev–Trinajstić information content (AvgIpc) is 3.64. The molecule has 2 atom stereocenters. The fraction of sp³-hybridized carbons (Fsp3) is 0.276. The van der Waals surface area contributed by atoms with E-state index in [1.165, 1.54) is 29.9 Å². The molecule has 1 aliphatic carbocycles. The zero-order valence-corrected chi connectivity index (χ0v) is 23.0. The van der Waals surface area contributed by atoms with Gasteiger partial charge in [0, 0.05) is 25.4 Å². The van der Waals surface area contributed by atoms with Crippen molar-refractivity contribution in [1.82, 2.24) is 30.2 Å². The second-order valence-electron chi connectivity index (χ2n) is 10.2. The van der Waals surface area contributed by atoms with Crippen LogP contribution in [0.4, 0.5) is 22.4 Å². The molecule has 0 unspecified atom stereocenters. The van der Waals surface area contributed by atoms with Crippen LogP contribution in [0, 0.1) is 5.82 Å². The molecule has 10 nitrogen and oxygen atoms in total. The van der Waals surface area contributed by atoms with E-state index in [2.05, 4.69) is 15.7 Å². The van der Waals surface area contributed by atoms with Gasteiger partial charge in [-0.3, -0.25) is 24.0 Å². The van der Waals surface area contributed by atoms with Crippen LogP contribution in [0.2, 0.25) is 0 Å². The standard InChI is InChI=1S/C29H26F4N6O4/c1-17(29(31,32)33)38(13-18-3-6-22(30)7-4-18)25(41)16-39-26(42)28(36-27(39)43)10-9-20-11-19(5-8-23(20)28)21-12-35-37(14-21)15-24(40)34-2/h3-12,14,17H,13,15-16H2,1-2H3,(H,34,40)(H,36,43)/t17-,28-/m0/s1. The minimum atomic E-state index is -4.79. The Morgan fingerprint density at radius 3 is 2.49 bits per heavy atom. The average molecular weight is 599 g/mol. The highest BCUT2D eigenvalue weighted by molar-refractivity contribution is 6.12. The van der Waals surface area contributed by atoms with Crippen LogP contribution >= 0.6 is 0 Å². The first kappa shape index (κ1) is 29.5. The molecule has 1 fully saturated rings. The Morgan fingerprint density at radius 1 is 1.09 bits per heavy atom. The molecule has 3 aromatic rings. The summed E-state index contributed by atoms with van der Waals surface area (Å²) in [5, 5.41) is 9.28. The highest BCUT2D eigenvalue weighted by Gasteiger charge is 2.54. The van der Waals surface area contributed by atoms with E-state index >= 15 is 0 Å². The van der Waals surface area contributed by atoms with Crippen molar-refractivity contribution in [2.75, 3.05) is 13.6 Å². The van der Waals surface area contributed by atoms with Crippen molar-refractivity contribution >= 4 is 29.8 Å². The van der Waals surface area contributed by atoms with Gasteiger partial charge in [-0.1, -0.05) is 30.3 Å². The largest absolute Gasteiger partial charge is 0.408 e. The molecule has 1 saturated heterocycles. The van der Waals surface area contributed by atoms with Gasteiger partial charge in [0.1, 0.15) is 24.9 Å². The van der Waals surface area contributed by atoms with E-state index in [0.29, 0.717) is 26.5 Å². The summed E-state index contributed by atoms with van der Waals surface area (Å²) in [6.07, 6.45) is 1.56. The molecule has 1 aliphatic heterocycles. The predicted molar refractivity (Wildman–Crippen MR) is 145 cm³/mol. The van der Waals surface area contributed by atoms with Crippen LogP contribution in [0.25, 0.3) is 17.2 Å². The molecule has 5 rings (SSSR count). The highest BCUT2D eigenvalue weighted by Crippen LogP contribution is 2.40. The van der Waals surface area contributed by atoms with E-state index in [-0.39, 0.29) is 18.0 Å². The molecule has 1 spiro atoms. The highest BCUT2D eigenvalue weighted by atomic mass is 19.4. The van der Waals surface area contributed by atoms with Crippen LogP contribution in [0.1, 0.15) is 23.6 Å². The Bertz CT molecular complexity index is 1630. The summed E-state index contributed by atoms with van der Waals surface area (Å²) >= 11 is 0. The third-order valence-corrected chi connectivity index (χ3v) is 7.49. The molecule has 0 bridgehead atoms. The van der Waals surface area contributed by atoms with Crippen LogP contribution < -0.4 is 10.6 Å². The topological polar surface area (TPSA) is 117 Å². The van der Waals surface area contributed by atoms with Gasteiger partial charge in [-0.05, 0) is 53.5 Å². The minimum absolute atomic E-state index is 0.0304. The van der Waals surface area contributed by atoms with Gasteiger partial charge in [0.15, 0.2) is 5.54 Å². The van der Waals surface area contributed by atoms with Gasteiger partial charge in [0.25, 0.3) is 5.91 Å². The summed E-state index contributed by atoms with van der Waals surface area (Å²) in [4.78, 5) is 52.5. The fourth-order valence-electron chi connectivity index (χ4n) is 5.03. The number of hydrogen-bond acceptors (Lipinski definition) is 5. The number of imide groups is 1. The van der Waals surface area contributed by atoms with Gasteiger partial charge in [-0.15, -0.1) is 0 Å². The maximum atomic E-state index is 13.7. The van der Waals surface area contributed by atoms with Crippen molar-refractivity contribution < 1.29 is 36.7 Å². The fourth-order valence-corrected chi connectivity index (χ4v) is 5.03. The monoisotopic (exact) mass is 598 g/mol. The van der Waals surface area contributed by atoms with Crippen molar-refractivity contribution in [2.45, 2.75) is 37.8 Å². The first-order chi connectivity index (χ1) is 20.3. The maximum Gasteiger partial charge on any atom is 0.408 e. The molecule has 2 heterocycles. The van der Waals surface area contributed by atoms with Crippen LogP contribution in [0.15, 0.2) is 60.9 Å². The van der Waals surface area contributed by atoms with Gasteiger partial charge in [0.2, 0.25) is 11.8 Å². The lowest BCUT2D eigenvalue weighted by atomic mass is 9.90. The number of rotatable bonds is 8. The number of fused-ring (bicyclic) bond motifs is 2. The summed E-state index contributed by atoms with van der Waals surface area (Å²) in [7, 11) is 1.52. The summed E-state index contributed by atoms with van der Waals surface area (Å²) in [6, 6.07) is 6.56. The number of nitrogens with one attached hydrogen (secondary N) is 2. The minimum Gasteiger partial charge on any atom is -0.358 e. The Hall–Kier alpha value is -5.01. The van der Waals surface area contributed by atoms with E-state index in [4.69, 9.17) is 0 Å². The summed E-state index contributed by atoms with van der Waals surface area (Å²) in [6.45, 7) is -0.618. The number of likely N-dealkylation sites (N-methyl/N-ethyl adjacent to an activating group) is 1. The molecule has 1 aromatic heterocycles. The number of alkyl halides is 3. The number of amides is 5. The van der Waals surface area contributed by atoms with E-state index in [1.54, 1.807) is 36.7 Å². The van der Waals surface area contributed by atoms with E-state index in [1.807, 2.05) is 0 Å². The number of benzene rings is 2. The lowest BCUT2D eigenvalue weighted by Gasteiger charge is -2.32. The third kappa shape index (κ3) is 5.59. The SMILES string of the molecule is CNC(=O)Cn1cc(-c2ccc3c(c2)C=C[C@]32NC(=O)N(CC(=O)N(Cc3ccc(F)cc3)[C@@H](C)C(F)(F)F)C2=O)cn1. The number of hydrogen-bond donors (Lipinski definition) is 2. The van der Waals surface area contributed by atoms with Crippen LogP contribution in [-0.2, 0) is 33.0 Å². The zero-order valence-electron chi connectivity index (χ0n) is 23.0. The Morgan fingerprint density at radius 2 is 1.81 bits per heavy atom. The van der Waals surface area contributed by atoms with Gasteiger partial charge in [-0.2, -0.15) is 18.3 Å². The quantitative estimate of drug-likeness (QED) is 0.305. The molecule has 2 N–H and O–H groups in total. The summed E-state index contributed by atoms with van der Waals surface area (Å²) in [5.74, 6) is -2.74. The second kappa shape index (κ2) is 11.0. The summed E-state index contributed by atoms with van der Waals surface area (Å²) in [5.41, 5.74) is 1.06. The van der Waals surface area contributed by atoms with Gasteiger partial charge in [0.05, 0.1) is 6.20 Å². The molecule has 5 amide bonds. The maximum absolute atomic E-state index is 13.7. The van der Waals surface area contributed by atoms with Gasteiger partial charge < -0.3 is 15.5 Å². The molecule has 0 radical (unpaired) electrons. The normalized spacial score (nSPS) is 18.1. The van der Waals surface area contributed by atoms with E-state index in [9.17, 15) is 36.7 Å². The molecule has 0 saturated carbocycles. The van der Waals surface area contributed by atoms with Crippen molar-refractivity contribution in [3.05, 3.63) is 83.4 Å².